The van der Waals surface area contributed by atoms with Crippen LogP contribution in [0.2, 0.25) is 0 Å². The van der Waals surface area contributed by atoms with E-state index in [1.165, 1.54) is 37.8 Å². The standard InChI is InChI=1S/C27H33N3O2/c31-27(29-26-22-12-19-11-20(14-22)15-23(26)13-19)21-4-6-24(7-5-21)30-10-8-18(16-30)17-32-25-3-1-2-9-28-25/h1-7,9,18-20,22-23,26H,8,10-17H2,(H,29,31). The summed E-state index contributed by atoms with van der Waals surface area (Å²) in [6.45, 7) is 2.70. The topological polar surface area (TPSA) is 54.5 Å². The van der Waals surface area contributed by atoms with Crippen molar-refractivity contribution in [2.24, 2.45) is 29.6 Å². The number of anilines is 1. The molecular weight excluding hydrogens is 398 g/mol. The van der Waals surface area contributed by atoms with E-state index in [4.69, 9.17) is 4.74 Å². The summed E-state index contributed by atoms with van der Waals surface area (Å²) < 4.78 is 5.85. The molecule has 0 spiro atoms. The van der Waals surface area contributed by atoms with Gasteiger partial charge in [-0.15, -0.1) is 0 Å². The van der Waals surface area contributed by atoms with Gasteiger partial charge in [-0.1, -0.05) is 6.07 Å². The number of hydrogen-bond donors (Lipinski definition) is 1. The minimum atomic E-state index is 0.108. The van der Waals surface area contributed by atoms with Crippen molar-refractivity contribution in [3.05, 3.63) is 54.2 Å². The summed E-state index contributed by atoms with van der Waals surface area (Å²) in [5.74, 6) is 4.59. The van der Waals surface area contributed by atoms with Crippen molar-refractivity contribution in [1.29, 1.82) is 0 Å². The van der Waals surface area contributed by atoms with Crippen molar-refractivity contribution in [2.75, 3.05) is 24.6 Å². The Bertz CT molecular complexity index is 917. The Hall–Kier alpha value is -2.56. The molecule has 1 aliphatic heterocycles. The number of hydrogen-bond acceptors (Lipinski definition) is 4. The van der Waals surface area contributed by atoms with Crippen LogP contribution in [0, 0.1) is 29.6 Å². The predicted molar refractivity (Wildman–Crippen MR) is 125 cm³/mol. The number of carbonyl (C=O) groups is 1. The van der Waals surface area contributed by atoms with E-state index in [-0.39, 0.29) is 5.91 Å². The van der Waals surface area contributed by atoms with Crippen LogP contribution in [0.5, 0.6) is 5.88 Å². The number of benzene rings is 1. The Morgan fingerprint density at radius 3 is 2.44 bits per heavy atom. The fourth-order valence-electron chi connectivity index (χ4n) is 7.06. The molecule has 2 heterocycles. The minimum absolute atomic E-state index is 0.108. The lowest BCUT2D eigenvalue weighted by Crippen LogP contribution is -2.55. The molecule has 5 heteroatoms. The second kappa shape index (κ2) is 8.42. The third kappa shape index (κ3) is 3.98. The molecule has 1 aromatic heterocycles. The minimum Gasteiger partial charge on any atom is -0.477 e. The van der Waals surface area contributed by atoms with E-state index in [1.807, 2.05) is 30.3 Å². The molecule has 2 aromatic rings. The Morgan fingerprint density at radius 2 is 1.75 bits per heavy atom. The van der Waals surface area contributed by atoms with Gasteiger partial charge in [-0.05, 0) is 92.5 Å². The Morgan fingerprint density at radius 1 is 1.00 bits per heavy atom. The van der Waals surface area contributed by atoms with Gasteiger partial charge in [0.15, 0.2) is 0 Å². The monoisotopic (exact) mass is 431 g/mol. The molecule has 1 unspecified atom stereocenters. The number of carbonyl (C=O) groups excluding carboxylic acids is 1. The Kier molecular flexibility index (Phi) is 5.28. The third-order valence-corrected chi connectivity index (χ3v) is 8.41. The molecule has 7 rings (SSSR count). The summed E-state index contributed by atoms with van der Waals surface area (Å²) >= 11 is 0. The molecule has 4 bridgehead atoms. The molecule has 5 nitrogen and oxygen atoms in total. The zero-order chi connectivity index (χ0) is 21.5. The van der Waals surface area contributed by atoms with Gasteiger partial charge in [-0.3, -0.25) is 4.79 Å². The molecule has 1 atom stereocenters. The second-order valence-electron chi connectivity index (χ2n) is 10.6. The zero-order valence-corrected chi connectivity index (χ0v) is 18.7. The smallest absolute Gasteiger partial charge is 0.251 e. The summed E-state index contributed by atoms with van der Waals surface area (Å²) in [5.41, 5.74) is 1.98. The fourth-order valence-corrected chi connectivity index (χ4v) is 7.06. The SMILES string of the molecule is O=C(NC1C2CC3CC(C2)CC1C3)c1ccc(N2CCC(COc3ccccn3)C2)cc1. The quantitative estimate of drug-likeness (QED) is 0.730. The van der Waals surface area contributed by atoms with E-state index >= 15 is 0 Å². The van der Waals surface area contributed by atoms with Gasteiger partial charge in [0.2, 0.25) is 5.88 Å². The average Bonchev–Trinajstić information content (AvgIpc) is 3.29. The lowest BCUT2D eigenvalue weighted by molar-refractivity contribution is -0.0119. The van der Waals surface area contributed by atoms with Crippen molar-refractivity contribution in [3.8, 4) is 5.88 Å². The first-order chi connectivity index (χ1) is 15.7. The summed E-state index contributed by atoms with van der Waals surface area (Å²) in [7, 11) is 0. The van der Waals surface area contributed by atoms with Gasteiger partial charge < -0.3 is 15.0 Å². The number of nitrogens with one attached hydrogen (secondary N) is 1. The fraction of sp³-hybridized carbons (Fsp3) is 0.556. The molecule has 0 radical (unpaired) electrons. The maximum atomic E-state index is 13.0. The highest BCUT2D eigenvalue weighted by Crippen LogP contribution is 2.53. The van der Waals surface area contributed by atoms with Crippen LogP contribution in [0.25, 0.3) is 0 Å². The molecule has 4 saturated carbocycles. The van der Waals surface area contributed by atoms with Gasteiger partial charge in [0.05, 0.1) is 6.61 Å². The molecule has 1 amide bonds. The Balaban J connectivity index is 1.03. The molecule has 1 aromatic carbocycles. The summed E-state index contributed by atoms with van der Waals surface area (Å²) in [5, 5.41) is 3.43. The summed E-state index contributed by atoms with van der Waals surface area (Å²) in [6.07, 6.45) is 9.64. The van der Waals surface area contributed by atoms with Gasteiger partial charge in [-0.25, -0.2) is 4.98 Å². The number of nitrogens with zero attached hydrogens (tertiary/aromatic N) is 2. The van der Waals surface area contributed by atoms with E-state index in [0.717, 1.165) is 36.9 Å². The first kappa shape index (κ1) is 20.1. The van der Waals surface area contributed by atoms with Gasteiger partial charge in [0, 0.05) is 48.6 Å². The number of amides is 1. The number of ether oxygens (including phenoxy) is 1. The van der Waals surface area contributed by atoms with E-state index in [2.05, 4.69) is 27.3 Å². The molecule has 5 aliphatic rings. The van der Waals surface area contributed by atoms with E-state index in [0.29, 0.717) is 36.3 Å². The predicted octanol–water partition coefficient (Wildman–Crippen LogP) is 4.54. The molecule has 1 N–H and O–H groups in total. The maximum absolute atomic E-state index is 13.0. The van der Waals surface area contributed by atoms with Crippen molar-refractivity contribution in [2.45, 2.75) is 44.6 Å². The van der Waals surface area contributed by atoms with Gasteiger partial charge in [0.1, 0.15) is 0 Å². The van der Waals surface area contributed by atoms with Crippen LogP contribution in [-0.4, -0.2) is 36.6 Å². The van der Waals surface area contributed by atoms with Crippen LogP contribution >= 0.6 is 0 Å². The molecular formula is C27H33N3O2. The highest BCUT2D eigenvalue weighted by molar-refractivity contribution is 5.94. The van der Waals surface area contributed by atoms with Crippen molar-refractivity contribution in [1.82, 2.24) is 10.3 Å². The number of aromatic nitrogens is 1. The summed E-state index contributed by atoms with van der Waals surface area (Å²) in [6, 6.07) is 14.4. The highest BCUT2D eigenvalue weighted by atomic mass is 16.5. The van der Waals surface area contributed by atoms with Gasteiger partial charge >= 0.3 is 0 Å². The van der Waals surface area contributed by atoms with Crippen molar-refractivity contribution >= 4 is 11.6 Å². The van der Waals surface area contributed by atoms with Crippen LogP contribution in [0.1, 0.15) is 48.9 Å². The summed E-state index contributed by atoms with van der Waals surface area (Å²) in [4.78, 5) is 19.6. The first-order valence-corrected chi connectivity index (χ1v) is 12.4. The van der Waals surface area contributed by atoms with E-state index in [9.17, 15) is 4.79 Å². The van der Waals surface area contributed by atoms with Crippen LogP contribution in [-0.2, 0) is 0 Å². The lowest BCUT2D eigenvalue weighted by Gasteiger charge is -2.54. The Labute approximate surface area is 190 Å². The molecule has 5 fully saturated rings. The van der Waals surface area contributed by atoms with Crippen LogP contribution in [0.4, 0.5) is 5.69 Å². The molecule has 1 saturated heterocycles. The average molecular weight is 432 g/mol. The van der Waals surface area contributed by atoms with Crippen LogP contribution < -0.4 is 15.0 Å². The molecule has 168 valence electrons. The van der Waals surface area contributed by atoms with Crippen LogP contribution in [0.3, 0.4) is 0 Å². The largest absolute Gasteiger partial charge is 0.477 e. The van der Waals surface area contributed by atoms with E-state index < -0.39 is 0 Å². The lowest BCUT2D eigenvalue weighted by atomic mass is 9.54. The number of pyridine rings is 1. The van der Waals surface area contributed by atoms with Crippen molar-refractivity contribution < 1.29 is 9.53 Å². The van der Waals surface area contributed by atoms with Gasteiger partial charge in [0.25, 0.3) is 5.91 Å². The first-order valence-electron chi connectivity index (χ1n) is 12.4. The van der Waals surface area contributed by atoms with E-state index in [1.54, 1.807) is 6.20 Å². The third-order valence-electron chi connectivity index (χ3n) is 8.41. The molecule has 32 heavy (non-hydrogen) atoms. The zero-order valence-electron chi connectivity index (χ0n) is 18.7. The maximum Gasteiger partial charge on any atom is 0.251 e. The molecule has 4 aliphatic carbocycles. The van der Waals surface area contributed by atoms with Crippen LogP contribution in [0.15, 0.2) is 48.7 Å². The van der Waals surface area contributed by atoms with Gasteiger partial charge in [-0.2, -0.15) is 0 Å². The second-order valence-corrected chi connectivity index (χ2v) is 10.6. The van der Waals surface area contributed by atoms with Crippen molar-refractivity contribution in [3.63, 3.8) is 0 Å². The highest BCUT2D eigenvalue weighted by Gasteiger charge is 2.48. The number of rotatable bonds is 6. The normalized spacial score (nSPS) is 32.8.